The van der Waals surface area contributed by atoms with Crippen molar-refractivity contribution in [3.8, 4) is 33.8 Å². The van der Waals surface area contributed by atoms with Gasteiger partial charge in [0.2, 0.25) is 0 Å². The number of allylic oxidation sites excluding steroid dienone is 6. The minimum atomic E-state index is 0.662. The van der Waals surface area contributed by atoms with Gasteiger partial charge in [0, 0.05) is 33.0 Å². The van der Waals surface area contributed by atoms with Gasteiger partial charge in [-0.2, -0.15) is 0 Å². The summed E-state index contributed by atoms with van der Waals surface area (Å²) in [6.07, 6.45) is 11.9. The Hall–Kier alpha value is -7.04. The van der Waals surface area contributed by atoms with Crippen LogP contribution in [0.25, 0.3) is 107 Å². The van der Waals surface area contributed by atoms with Crippen molar-refractivity contribution in [3.63, 3.8) is 0 Å². The van der Waals surface area contributed by atoms with Crippen LogP contribution in [-0.4, -0.2) is 14.5 Å². The van der Waals surface area contributed by atoms with Crippen LogP contribution in [0.1, 0.15) is 6.92 Å². The summed E-state index contributed by atoms with van der Waals surface area (Å²) in [5.41, 5.74) is 10.3. The molecule has 0 aliphatic heterocycles. The summed E-state index contributed by atoms with van der Waals surface area (Å²) < 4.78 is 8.89. The van der Waals surface area contributed by atoms with Crippen molar-refractivity contribution < 1.29 is 4.42 Å². The van der Waals surface area contributed by atoms with Gasteiger partial charge in [-0.1, -0.05) is 135 Å². The number of nitrogens with zero attached hydrogens (tertiary/aromatic N) is 3. The van der Waals surface area contributed by atoms with Gasteiger partial charge in [0.25, 0.3) is 0 Å². The Bertz CT molecular complexity index is 3120. The molecule has 9 rings (SSSR count). The second-order valence-electron chi connectivity index (χ2n) is 13.1. The zero-order valence-electron chi connectivity index (χ0n) is 29.4. The summed E-state index contributed by atoms with van der Waals surface area (Å²) in [5, 5.41) is 7.44. The predicted molar refractivity (Wildman–Crippen MR) is 225 cm³/mol. The molecule has 0 radical (unpaired) electrons. The molecule has 0 saturated carbocycles. The molecule has 6 aromatic carbocycles. The number of aromatic nitrogens is 3. The molecule has 0 amide bonds. The van der Waals surface area contributed by atoms with E-state index in [0.29, 0.717) is 11.4 Å². The fourth-order valence-corrected chi connectivity index (χ4v) is 7.60. The molecule has 4 heteroatoms. The molecule has 3 heterocycles. The van der Waals surface area contributed by atoms with Gasteiger partial charge in [0.15, 0.2) is 11.4 Å². The van der Waals surface area contributed by atoms with Gasteiger partial charge in [-0.15, -0.1) is 0 Å². The van der Waals surface area contributed by atoms with Crippen molar-refractivity contribution in [2.24, 2.45) is 0 Å². The highest BCUT2D eigenvalue weighted by molar-refractivity contribution is 6.13. The van der Waals surface area contributed by atoms with Crippen molar-refractivity contribution >= 4 is 73.0 Å². The third kappa shape index (κ3) is 5.23. The number of fused-ring (bicyclic) bond motifs is 7. The normalized spacial score (nSPS) is 12.6. The predicted octanol–water partition coefficient (Wildman–Crippen LogP) is 11.6. The molecule has 0 bridgehead atoms. The molecule has 0 aliphatic rings. The molecule has 9 aromatic rings. The fourth-order valence-electron chi connectivity index (χ4n) is 7.60. The van der Waals surface area contributed by atoms with Crippen LogP contribution in [0.3, 0.4) is 0 Å². The molecule has 252 valence electrons. The molecule has 0 atom stereocenters. The number of hydrogen-bond donors (Lipinski definition) is 0. The molecule has 0 fully saturated rings. The molecular formula is C49H35N3O. The Kier molecular flexibility index (Phi) is 7.79. The number of hydrogen-bond acceptors (Lipinski definition) is 3. The van der Waals surface area contributed by atoms with Gasteiger partial charge in [-0.3, -0.25) is 0 Å². The molecule has 0 N–H and O–H groups in total. The van der Waals surface area contributed by atoms with Crippen LogP contribution in [0.4, 0.5) is 0 Å². The second kappa shape index (κ2) is 12.9. The van der Waals surface area contributed by atoms with Crippen LogP contribution in [0.2, 0.25) is 0 Å². The van der Waals surface area contributed by atoms with Gasteiger partial charge in [0.1, 0.15) is 16.8 Å². The Morgan fingerprint density at radius 3 is 2.26 bits per heavy atom. The van der Waals surface area contributed by atoms with E-state index in [1.54, 1.807) is 0 Å². The third-order valence-electron chi connectivity index (χ3n) is 9.95. The Labute approximate surface area is 307 Å². The molecule has 0 saturated heterocycles. The summed E-state index contributed by atoms with van der Waals surface area (Å²) in [6.45, 7) is 14.4. The van der Waals surface area contributed by atoms with Crippen LogP contribution in [-0.2, 0) is 0 Å². The van der Waals surface area contributed by atoms with Gasteiger partial charge >= 0.3 is 0 Å². The maximum absolute atomic E-state index is 6.60. The molecule has 0 spiro atoms. The molecule has 4 nitrogen and oxygen atoms in total. The first-order valence-electron chi connectivity index (χ1n) is 17.7. The summed E-state index contributed by atoms with van der Waals surface area (Å²) in [4.78, 5) is 10.4. The lowest BCUT2D eigenvalue weighted by atomic mass is 10.00. The van der Waals surface area contributed by atoms with Crippen molar-refractivity contribution in [1.82, 2.24) is 14.5 Å². The van der Waals surface area contributed by atoms with E-state index in [-0.39, 0.29) is 0 Å². The Morgan fingerprint density at radius 2 is 1.45 bits per heavy atom. The van der Waals surface area contributed by atoms with E-state index in [1.807, 2.05) is 49.4 Å². The number of benzene rings is 6. The quantitative estimate of drug-likeness (QED) is 0.157. The number of rotatable bonds is 7. The average molecular weight is 682 g/mol. The van der Waals surface area contributed by atoms with E-state index >= 15 is 0 Å². The van der Waals surface area contributed by atoms with Crippen LogP contribution >= 0.6 is 0 Å². The zero-order valence-corrected chi connectivity index (χ0v) is 29.4. The first-order chi connectivity index (χ1) is 26.1. The molecule has 53 heavy (non-hydrogen) atoms. The van der Waals surface area contributed by atoms with Crippen LogP contribution < -0.4 is 10.4 Å². The smallest absolute Gasteiger partial charge is 0.180 e. The fraction of sp³-hybridized carbons (Fsp3) is 0.0204. The van der Waals surface area contributed by atoms with Crippen molar-refractivity contribution in [1.29, 1.82) is 0 Å². The van der Waals surface area contributed by atoms with E-state index in [4.69, 9.17) is 14.4 Å². The van der Waals surface area contributed by atoms with E-state index in [2.05, 4.69) is 140 Å². The van der Waals surface area contributed by atoms with Gasteiger partial charge < -0.3 is 8.98 Å². The monoisotopic (exact) mass is 681 g/mol. The lowest BCUT2D eigenvalue weighted by Gasteiger charge is -2.09. The second-order valence-corrected chi connectivity index (χ2v) is 13.1. The minimum absolute atomic E-state index is 0.662. The van der Waals surface area contributed by atoms with Crippen molar-refractivity contribution in [3.05, 3.63) is 175 Å². The van der Waals surface area contributed by atoms with E-state index in [0.717, 1.165) is 93.1 Å². The molecule has 0 unspecified atom stereocenters. The highest BCUT2D eigenvalue weighted by atomic mass is 16.3. The van der Waals surface area contributed by atoms with Gasteiger partial charge in [0.05, 0.1) is 11.0 Å². The SMILES string of the molecule is C=C/C=c1\c(=C)ccc2c1c1cc(-c3ccc4oc5c(-c6ccccc6)nc(-c6cccc7ccccc67)nc5c4c3)ccc1n2C(/C=C\C)=C/C=C. The van der Waals surface area contributed by atoms with E-state index in [1.165, 1.54) is 0 Å². The van der Waals surface area contributed by atoms with E-state index < -0.39 is 0 Å². The van der Waals surface area contributed by atoms with Crippen LogP contribution in [0.15, 0.2) is 169 Å². The largest absolute Gasteiger partial charge is 0.452 e. The van der Waals surface area contributed by atoms with Crippen LogP contribution in [0.5, 0.6) is 0 Å². The maximum Gasteiger partial charge on any atom is 0.180 e. The Morgan fingerprint density at radius 1 is 0.698 bits per heavy atom. The lowest BCUT2D eigenvalue weighted by Crippen LogP contribution is -2.23. The molecule has 3 aromatic heterocycles. The molecular weight excluding hydrogens is 647 g/mol. The summed E-state index contributed by atoms with van der Waals surface area (Å²) in [5.74, 6) is 0.662. The van der Waals surface area contributed by atoms with Crippen molar-refractivity contribution in [2.45, 2.75) is 6.92 Å². The number of furan rings is 1. The van der Waals surface area contributed by atoms with Gasteiger partial charge in [-0.05, 0) is 81.7 Å². The summed E-state index contributed by atoms with van der Waals surface area (Å²) in [6, 6.07) is 42.1. The Balaban J connectivity index is 1.31. The van der Waals surface area contributed by atoms with Gasteiger partial charge in [-0.25, -0.2) is 9.97 Å². The molecule has 0 aliphatic carbocycles. The summed E-state index contributed by atoms with van der Waals surface area (Å²) >= 11 is 0. The average Bonchev–Trinajstić information content (AvgIpc) is 3.73. The minimum Gasteiger partial charge on any atom is -0.452 e. The van der Waals surface area contributed by atoms with Crippen LogP contribution in [0, 0.1) is 0 Å². The maximum atomic E-state index is 6.60. The highest BCUT2D eigenvalue weighted by Gasteiger charge is 2.20. The summed E-state index contributed by atoms with van der Waals surface area (Å²) in [7, 11) is 0. The topological polar surface area (TPSA) is 43.9 Å². The van der Waals surface area contributed by atoms with Crippen molar-refractivity contribution in [2.75, 3.05) is 0 Å². The third-order valence-corrected chi connectivity index (χ3v) is 9.95. The zero-order chi connectivity index (χ0) is 36.1. The standard InChI is InChI=1S/C49H35N3O/c1-5-14-36(15-6-2)52-42-27-24-34(29-40(42)45-37(16-7-3)31(4)23-26-43(45)52)35-25-28-44-41(30-35)47-48(53-44)46(33-18-9-8-10-19-33)50-49(51-47)39-22-13-20-32-17-11-12-21-38(32)39/h5-30H,1,3-4H2,2H3/b15-6-,36-14+,37-16+. The van der Waals surface area contributed by atoms with E-state index in [9.17, 15) is 0 Å². The first kappa shape index (κ1) is 31.9. The highest BCUT2D eigenvalue weighted by Crippen LogP contribution is 2.39. The first-order valence-corrected chi connectivity index (χ1v) is 17.7. The lowest BCUT2D eigenvalue weighted by molar-refractivity contribution is 0.667.